The fourth-order valence-electron chi connectivity index (χ4n) is 3.48. The number of benzene rings is 1. The number of ether oxygens (including phenoxy) is 1. The van der Waals surface area contributed by atoms with Gasteiger partial charge in [0.25, 0.3) is 0 Å². The average Bonchev–Trinajstić information content (AvgIpc) is 3.00. The Morgan fingerprint density at radius 2 is 1.87 bits per heavy atom. The Labute approximate surface area is 133 Å². The standard InChI is InChI=1S/C18H17NO4/c20-15-7-6-13(18(21)19-15)12-8-9-22-17-14(10-23-16(12)17)11-4-2-1-3-5-11/h1-5,10,12-13H,6-9H2,(H,19,20,21). The normalized spacial score (nSPS) is 23.8. The van der Waals surface area contributed by atoms with Crippen molar-refractivity contribution in [2.45, 2.75) is 25.2 Å². The Morgan fingerprint density at radius 1 is 1.04 bits per heavy atom. The minimum atomic E-state index is -0.231. The van der Waals surface area contributed by atoms with E-state index in [4.69, 9.17) is 9.15 Å². The molecule has 1 fully saturated rings. The Morgan fingerprint density at radius 3 is 2.65 bits per heavy atom. The molecule has 0 saturated carbocycles. The van der Waals surface area contributed by atoms with Gasteiger partial charge in [-0.05, 0) is 18.4 Å². The maximum Gasteiger partial charge on any atom is 0.230 e. The second-order valence-corrected chi connectivity index (χ2v) is 6.01. The number of carbonyl (C=O) groups is 2. The third-order valence-electron chi connectivity index (χ3n) is 4.64. The number of fused-ring (bicyclic) bond motifs is 1. The molecular formula is C18H17NO4. The van der Waals surface area contributed by atoms with Crippen molar-refractivity contribution in [1.29, 1.82) is 0 Å². The van der Waals surface area contributed by atoms with E-state index >= 15 is 0 Å². The predicted molar refractivity (Wildman–Crippen MR) is 82.9 cm³/mol. The van der Waals surface area contributed by atoms with Crippen LogP contribution in [-0.4, -0.2) is 18.4 Å². The van der Waals surface area contributed by atoms with Gasteiger partial charge in [-0.1, -0.05) is 30.3 Å². The Hall–Kier alpha value is -2.56. The fraction of sp³-hybridized carbons (Fsp3) is 0.333. The first-order valence-electron chi connectivity index (χ1n) is 7.87. The van der Waals surface area contributed by atoms with Crippen LogP contribution < -0.4 is 10.1 Å². The summed E-state index contributed by atoms with van der Waals surface area (Å²) in [5, 5.41) is 2.44. The van der Waals surface area contributed by atoms with Gasteiger partial charge in [-0.3, -0.25) is 14.9 Å². The van der Waals surface area contributed by atoms with Gasteiger partial charge in [0.2, 0.25) is 11.8 Å². The highest BCUT2D eigenvalue weighted by Crippen LogP contribution is 2.46. The number of rotatable bonds is 2. The molecule has 2 atom stereocenters. The maximum absolute atomic E-state index is 12.2. The molecule has 23 heavy (non-hydrogen) atoms. The SMILES string of the molecule is O=C1CCC(C2CCOc3c(-c4ccccc4)coc32)C(=O)N1. The lowest BCUT2D eigenvalue weighted by Gasteiger charge is -2.30. The van der Waals surface area contributed by atoms with E-state index in [1.54, 1.807) is 6.26 Å². The summed E-state index contributed by atoms with van der Waals surface area (Å²) in [7, 11) is 0. The number of piperidine rings is 1. The number of hydrogen-bond acceptors (Lipinski definition) is 4. The molecule has 5 heteroatoms. The summed E-state index contributed by atoms with van der Waals surface area (Å²) >= 11 is 0. The van der Waals surface area contributed by atoms with Crippen molar-refractivity contribution < 1.29 is 18.7 Å². The van der Waals surface area contributed by atoms with Crippen molar-refractivity contribution in [1.82, 2.24) is 5.32 Å². The van der Waals surface area contributed by atoms with Crippen LogP contribution in [0.2, 0.25) is 0 Å². The molecular weight excluding hydrogens is 294 g/mol. The molecule has 118 valence electrons. The predicted octanol–water partition coefficient (Wildman–Crippen LogP) is 2.87. The first-order valence-corrected chi connectivity index (χ1v) is 7.87. The van der Waals surface area contributed by atoms with E-state index in [1.807, 2.05) is 30.3 Å². The van der Waals surface area contributed by atoms with Crippen LogP contribution in [-0.2, 0) is 9.59 Å². The van der Waals surface area contributed by atoms with Gasteiger partial charge in [0.05, 0.1) is 12.2 Å². The highest BCUT2D eigenvalue weighted by atomic mass is 16.5. The molecule has 1 saturated heterocycles. The molecule has 4 rings (SSSR count). The van der Waals surface area contributed by atoms with Crippen molar-refractivity contribution in [2.75, 3.05) is 6.61 Å². The minimum Gasteiger partial charge on any atom is -0.489 e. The number of furan rings is 1. The van der Waals surface area contributed by atoms with Crippen molar-refractivity contribution >= 4 is 11.8 Å². The van der Waals surface area contributed by atoms with Gasteiger partial charge >= 0.3 is 0 Å². The molecule has 0 spiro atoms. The van der Waals surface area contributed by atoms with Crippen LogP contribution in [0, 0.1) is 5.92 Å². The first kappa shape index (κ1) is 14.1. The third kappa shape index (κ3) is 2.42. The van der Waals surface area contributed by atoms with E-state index in [9.17, 15) is 9.59 Å². The molecule has 1 aromatic carbocycles. The quantitative estimate of drug-likeness (QED) is 0.866. The van der Waals surface area contributed by atoms with Crippen molar-refractivity contribution in [3.05, 3.63) is 42.4 Å². The topological polar surface area (TPSA) is 68.5 Å². The summed E-state index contributed by atoms with van der Waals surface area (Å²) in [6.45, 7) is 0.550. The van der Waals surface area contributed by atoms with Gasteiger partial charge in [-0.2, -0.15) is 0 Å². The van der Waals surface area contributed by atoms with Crippen LogP contribution in [0.3, 0.4) is 0 Å². The summed E-state index contributed by atoms with van der Waals surface area (Å²) in [5.41, 5.74) is 1.94. The van der Waals surface area contributed by atoms with Crippen LogP contribution >= 0.6 is 0 Å². The molecule has 0 radical (unpaired) electrons. The van der Waals surface area contributed by atoms with Gasteiger partial charge < -0.3 is 9.15 Å². The lowest BCUT2D eigenvalue weighted by atomic mass is 9.80. The molecule has 2 aliphatic heterocycles. The second kappa shape index (κ2) is 5.57. The fourth-order valence-corrected chi connectivity index (χ4v) is 3.48. The van der Waals surface area contributed by atoms with E-state index in [1.165, 1.54) is 0 Å². The molecule has 2 amide bonds. The van der Waals surface area contributed by atoms with Gasteiger partial charge in [0.1, 0.15) is 12.0 Å². The van der Waals surface area contributed by atoms with Crippen LogP contribution in [0.15, 0.2) is 41.0 Å². The molecule has 5 nitrogen and oxygen atoms in total. The lowest BCUT2D eigenvalue weighted by molar-refractivity contribution is -0.137. The zero-order valence-corrected chi connectivity index (χ0v) is 12.6. The lowest BCUT2D eigenvalue weighted by Crippen LogP contribution is -2.43. The summed E-state index contributed by atoms with van der Waals surface area (Å²) in [4.78, 5) is 23.5. The monoisotopic (exact) mass is 311 g/mol. The second-order valence-electron chi connectivity index (χ2n) is 6.01. The Bertz CT molecular complexity index is 750. The Balaban J connectivity index is 1.69. The summed E-state index contributed by atoms with van der Waals surface area (Å²) in [6.07, 6.45) is 3.37. The molecule has 0 bridgehead atoms. The van der Waals surface area contributed by atoms with Crippen LogP contribution in [0.25, 0.3) is 11.1 Å². The van der Waals surface area contributed by atoms with Crippen molar-refractivity contribution in [2.24, 2.45) is 5.92 Å². The molecule has 1 aromatic heterocycles. The molecule has 1 N–H and O–H groups in total. The zero-order valence-electron chi connectivity index (χ0n) is 12.6. The Kier molecular flexibility index (Phi) is 3.41. The van der Waals surface area contributed by atoms with Crippen LogP contribution in [0.5, 0.6) is 5.75 Å². The number of nitrogens with one attached hydrogen (secondary N) is 1. The highest BCUT2D eigenvalue weighted by Gasteiger charge is 2.40. The molecule has 2 unspecified atom stereocenters. The average molecular weight is 311 g/mol. The van der Waals surface area contributed by atoms with Gasteiger partial charge in [0, 0.05) is 18.3 Å². The van der Waals surface area contributed by atoms with E-state index in [-0.39, 0.29) is 23.7 Å². The van der Waals surface area contributed by atoms with E-state index in [2.05, 4.69) is 5.32 Å². The number of hydrogen-bond donors (Lipinski definition) is 1. The third-order valence-corrected chi connectivity index (χ3v) is 4.64. The van der Waals surface area contributed by atoms with Crippen molar-refractivity contribution in [3.63, 3.8) is 0 Å². The summed E-state index contributed by atoms with van der Waals surface area (Å²) in [6, 6.07) is 9.90. The largest absolute Gasteiger partial charge is 0.489 e. The molecule has 0 aliphatic carbocycles. The van der Waals surface area contributed by atoms with E-state index in [0.717, 1.165) is 29.1 Å². The van der Waals surface area contributed by atoms with Gasteiger partial charge in [-0.15, -0.1) is 0 Å². The molecule has 2 aliphatic rings. The number of amides is 2. The van der Waals surface area contributed by atoms with Gasteiger partial charge in [0.15, 0.2) is 5.75 Å². The van der Waals surface area contributed by atoms with Crippen LogP contribution in [0.4, 0.5) is 0 Å². The number of carbonyl (C=O) groups excluding carboxylic acids is 2. The highest BCUT2D eigenvalue weighted by molar-refractivity contribution is 5.99. The maximum atomic E-state index is 12.2. The van der Waals surface area contributed by atoms with Crippen molar-refractivity contribution in [3.8, 4) is 16.9 Å². The van der Waals surface area contributed by atoms with E-state index < -0.39 is 0 Å². The van der Waals surface area contributed by atoms with Crippen LogP contribution in [0.1, 0.15) is 30.9 Å². The molecule has 3 heterocycles. The first-order chi connectivity index (χ1) is 11.2. The summed E-state index contributed by atoms with van der Waals surface area (Å²) < 4.78 is 11.6. The van der Waals surface area contributed by atoms with E-state index in [0.29, 0.717) is 19.4 Å². The minimum absolute atomic E-state index is 0.0377. The summed E-state index contributed by atoms with van der Waals surface area (Å²) in [5.74, 6) is 0.802. The van der Waals surface area contributed by atoms with Gasteiger partial charge in [-0.25, -0.2) is 0 Å². The zero-order chi connectivity index (χ0) is 15.8. The smallest absolute Gasteiger partial charge is 0.230 e. The molecule has 2 aromatic rings. The number of imide groups is 1.